The smallest absolute Gasteiger partial charge is 0.274 e. The van der Waals surface area contributed by atoms with E-state index in [9.17, 15) is 9.59 Å². The van der Waals surface area contributed by atoms with Crippen molar-refractivity contribution >= 4 is 29.1 Å². The number of nitrogens with one attached hydrogen (secondary N) is 2. The molecular formula is C19H22ClN3O2. The molecule has 0 saturated heterocycles. The van der Waals surface area contributed by atoms with E-state index in [-0.39, 0.29) is 17.5 Å². The summed E-state index contributed by atoms with van der Waals surface area (Å²) in [5, 5.41) is 6.20. The van der Waals surface area contributed by atoms with Gasteiger partial charge in [-0.15, -0.1) is 0 Å². The number of anilines is 1. The van der Waals surface area contributed by atoms with Crippen LogP contribution in [0.4, 0.5) is 5.69 Å². The number of aromatic nitrogens is 1. The zero-order valence-corrected chi connectivity index (χ0v) is 15.2. The van der Waals surface area contributed by atoms with Crippen LogP contribution < -0.4 is 10.6 Å². The highest BCUT2D eigenvalue weighted by Crippen LogP contribution is 2.23. The normalized spacial score (nSPS) is 10.4. The number of rotatable bonds is 7. The Hall–Kier alpha value is -2.40. The zero-order valence-electron chi connectivity index (χ0n) is 14.4. The summed E-state index contributed by atoms with van der Waals surface area (Å²) in [5.41, 5.74) is 2.00. The van der Waals surface area contributed by atoms with Crippen molar-refractivity contribution in [3.05, 3.63) is 58.4 Å². The minimum absolute atomic E-state index is 0.181. The summed E-state index contributed by atoms with van der Waals surface area (Å²) in [5.74, 6) is -0.586. The largest absolute Gasteiger partial charge is 0.352 e. The number of benzene rings is 1. The van der Waals surface area contributed by atoms with Crippen molar-refractivity contribution in [2.75, 3.05) is 11.9 Å². The number of unbranched alkanes of at least 4 members (excludes halogenated alkanes) is 2. The molecule has 1 aromatic heterocycles. The molecule has 1 aromatic carbocycles. The van der Waals surface area contributed by atoms with Crippen LogP contribution in [-0.4, -0.2) is 23.3 Å². The molecule has 1 heterocycles. The fourth-order valence-corrected chi connectivity index (χ4v) is 2.48. The van der Waals surface area contributed by atoms with Gasteiger partial charge in [-0.3, -0.25) is 14.6 Å². The van der Waals surface area contributed by atoms with Gasteiger partial charge in [0, 0.05) is 29.0 Å². The van der Waals surface area contributed by atoms with Crippen molar-refractivity contribution in [3.63, 3.8) is 0 Å². The Morgan fingerprint density at radius 1 is 1.16 bits per heavy atom. The maximum atomic E-state index is 12.4. The van der Waals surface area contributed by atoms with E-state index in [1.54, 1.807) is 24.3 Å². The molecule has 0 aliphatic heterocycles. The van der Waals surface area contributed by atoms with E-state index in [1.165, 1.54) is 12.3 Å². The van der Waals surface area contributed by atoms with Crippen LogP contribution in [0.2, 0.25) is 5.02 Å². The van der Waals surface area contributed by atoms with Crippen molar-refractivity contribution < 1.29 is 9.59 Å². The summed E-state index contributed by atoms with van der Waals surface area (Å²) >= 11 is 6.06. The summed E-state index contributed by atoms with van der Waals surface area (Å²) in [7, 11) is 0. The van der Waals surface area contributed by atoms with E-state index < -0.39 is 0 Å². The number of nitrogens with zero attached hydrogens (tertiary/aromatic N) is 1. The molecule has 0 bridgehead atoms. The van der Waals surface area contributed by atoms with Gasteiger partial charge in [-0.05, 0) is 43.2 Å². The lowest BCUT2D eigenvalue weighted by atomic mass is 10.1. The molecule has 2 N–H and O–H groups in total. The minimum Gasteiger partial charge on any atom is -0.352 e. The van der Waals surface area contributed by atoms with E-state index in [1.807, 2.05) is 6.92 Å². The Morgan fingerprint density at radius 2 is 1.96 bits per heavy atom. The summed E-state index contributed by atoms with van der Waals surface area (Å²) in [6.07, 6.45) is 4.57. The average Bonchev–Trinajstić information content (AvgIpc) is 2.62. The van der Waals surface area contributed by atoms with Gasteiger partial charge in [0.2, 0.25) is 0 Å². The molecule has 0 radical (unpaired) electrons. The highest BCUT2D eigenvalue weighted by Gasteiger charge is 2.13. The highest BCUT2D eigenvalue weighted by molar-refractivity contribution is 6.31. The van der Waals surface area contributed by atoms with Crippen LogP contribution in [0.3, 0.4) is 0 Å². The summed E-state index contributed by atoms with van der Waals surface area (Å²) < 4.78 is 0. The first-order valence-corrected chi connectivity index (χ1v) is 8.71. The Kier molecular flexibility index (Phi) is 6.95. The third kappa shape index (κ3) is 5.29. The number of halogens is 1. The van der Waals surface area contributed by atoms with Crippen molar-refractivity contribution in [1.82, 2.24) is 10.3 Å². The van der Waals surface area contributed by atoms with Crippen molar-refractivity contribution in [3.8, 4) is 0 Å². The topological polar surface area (TPSA) is 71.1 Å². The molecule has 0 saturated carbocycles. The van der Waals surface area contributed by atoms with Crippen LogP contribution in [0, 0.1) is 6.92 Å². The van der Waals surface area contributed by atoms with Crippen molar-refractivity contribution in [2.24, 2.45) is 0 Å². The zero-order chi connectivity index (χ0) is 18.2. The van der Waals surface area contributed by atoms with Gasteiger partial charge in [-0.2, -0.15) is 0 Å². The van der Waals surface area contributed by atoms with Crippen LogP contribution in [0.15, 0.2) is 36.5 Å². The SMILES string of the molecule is CCCCCNC(=O)c1ccnc(C(=O)Nc2cccc(Cl)c2C)c1. The molecule has 0 atom stereocenters. The van der Waals surface area contributed by atoms with Gasteiger partial charge in [0.05, 0.1) is 0 Å². The first kappa shape index (κ1) is 18.9. The van der Waals surface area contributed by atoms with E-state index in [0.29, 0.717) is 22.8 Å². The van der Waals surface area contributed by atoms with Gasteiger partial charge in [0.1, 0.15) is 5.69 Å². The van der Waals surface area contributed by atoms with E-state index in [4.69, 9.17) is 11.6 Å². The Bertz CT molecular complexity index is 762. The van der Waals surface area contributed by atoms with Gasteiger partial charge in [0.25, 0.3) is 11.8 Å². The molecular weight excluding hydrogens is 338 g/mol. The Morgan fingerprint density at radius 3 is 2.72 bits per heavy atom. The van der Waals surface area contributed by atoms with Gasteiger partial charge in [-0.25, -0.2) is 0 Å². The molecule has 132 valence electrons. The Labute approximate surface area is 152 Å². The first-order valence-electron chi connectivity index (χ1n) is 8.33. The Balaban J connectivity index is 2.06. The van der Waals surface area contributed by atoms with Gasteiger partial charge < -0.3 is 10.6 Å². The van der Waals surface area contributed by atoms with Crippen molar-refractivity contribution in [2.45, 2.75) is 33.1 Å². The summed E-state index contributed by atoms with van der Waals surface area (Å²) in [6, 6.07) is 8.37. The second kappa shape index (κ2) is 9.18. The van der Waals surface area contributed by atoms with Crippen LogP contribution in [0.5, 0.6) is 0 Å². The van der Waals surface area contributed by atoms with Gasteiger partial charge in [0.15, 0.2) is 0 Å². The van der Waals surface area contributed by atoms with Crippen molar-refractivity contribution in [1.29, 1.82) is 0 Å². The fourth-order valence-electron chi connectivity index (χ4n) is 2.30. The minimum atomic E-state index is -0.383. The summed E-state index contributed by atoms with van der Waals surface area (Å²) in [6.45, 7) is 4.56. The molecule has 25 heavy (non-hydrogen) atoms. The number of hydrogen-bond donors (Lipinski definition) is 2. The number of carbonyl (C=O) groups excluding carboxylic acids is 2. The molecule has 0 aliphatic carbocycles. The van der Waals surface area contributed by atoms with Crippen LogP contribution in [-0.2, 0) is 0 Å². The molecule has 6 heteroatoms. The second-order valence-corrected chi connectivity index (χ2v) is 6.17. The molecule has 0 fully saturated rings. The molecule has 0 aliphatic rings. The lowest BCUT2D eigenvalue weighted by Crippen LogP contribution is -2.25. The number of amides is 2. The van der Waals surface area contributed by atoms with Crippen LogP contribution in [0.1, 0.15) is 52.6 Å². The first-order chi connectivity index (χ1) is 12.0. The third-order valence-electron chi connectivity index (χ3n) is 3.84. The lowest BCUT2D eigenvalue weighted by Gasteiger charge is -2.10. The molecule has 0 unspecified atom stereocenters. The quantitative estimate of drug-likeness (QED) is 0.727. The van der Waals surface area contributed by atoms with Crippen LogP contribution >= 0.6 is 11.6 Å². The molecule has 5 nitrogen and oxygen atoms in total. The fraction of sp³-hybridized carbons (Fsp3) is 0.316. The predicted octanol–water partition coefficient (Wildman–Crippen LogP) is 4.22. The van der Waals surface area contributed by atoms with E-state index >= 15 is 0 Å². The molecule has 2 rings (SSSR count). The summed E-state index contributed by atoms with van der Waals surface area (Å²) in [4.78, 5) is 28.6. The number of hydrogen-bond acceptors (Lipinski definition) is 3. The molecule has 2 amide bonds. The highest BCUT2D eigenvalue weighted by atomic mass is 35.5. The maximum absolute atomic E-state index is 12.4. The number of pyridine rings is 1. The maximum Gasteiger partial charge on any atom is 0.274 e. The van der Waals surface area contributed by atoms with E-state index in [2.05, 4.69) is 22.5 Å². The number of carbonyl (C=O) groups is 2. The standard InChI is InChI=1S/C19H22ClN3O2/c1-3-4-5-10-22-18(24)14-9-11-21-17(12-14)19(25)23-16-8-6-7-15(20)13(16)2/h6-9,11-12H,3-5,10H2,1-2H3,(H,22,24)(H,23,25). The monoisotopic (exact) mass is 359 g/mol. The predicted molar refractivity (Wildman–Crippen MR) is 100 cm³/mol. The van der Waals surface area contributed by atoms with Gasteiger partial charge in [-0.1, -0.05) is 37.4 Å². The molecule has 0 spiro atoms. The van der Waals surface area contributed by atoms with Crippen LogP contribution in [0.25, 0.3) is 0 Å². The molecule has 2 aromatic rings. The lowest BCUT2D eigenvalue weighted by molar-refractivity contribution is 0.0953. The average molecular weight is 360 g/mol. The second-order valence-electron chi connectivity index (χ2n) is 5.76. The van der Waals surface area contributed by atoms with Gasteiger partial charge >= 0.3 is 0 Å². The van der Waals surface area contributed by atoms with E-state index in [0.717, 1.165) is 24.8 Å². The third-order valence-corrected chi connectivity index (χ3v) is 4.25.